The van der Waals surface area contributed by atoms with Crippen LogP contribution < -0.4 is 9.47 Å². The van der Waals surface area contributed by atoms with Crippen LogP contribution in [0.2, 0.25) is 0 Å². The summed E-state index contributed by atoms with van der Waals surface area (Å²) in [4.78, 5) is 8.98. The molecule has 2 aromatic heterocycles. The van der Waals surface area contributed by atoms with Crippen molar-refractivity contribution in [3.8, 4) is 23.0 Å². The molecule has 24 heavy (non-hydrogen) atoms. The van der Waals surface area contributed by atoms with Crippen molar-refractivity contribution in [2.45, 2.75) is 6.92 Å². The van der Waals surface area contributed by atoms with Gasteiger partial charge in [0.2, 0.25) is 5.88 Å². The fraction of sp³-hybridized carbons (Fsp3) is 0.158. The average molecular weight is 320 g/mol. The molecule has 0 N–H and O–H groups in total. The zero-order valence-corrected chi connectivity index (χ0v) is 13.7. The molecule has 0 bridgehead atoms. The van der Waals surface area contributed by atoms with Gasteiger partial charge in [0, 0.05) is 10.9 Å². The normalized spacial score (nSPS) is 11.1. The number of nitrogens with zero attached hydrogens (tertiary/aromatic N) is 2. The highest BCUT2D eigenvalue weighted by atomic mass is 16.5. The monoisotopic (exact) mass is 320 g/mol. The predicted molar refractivity (Wildman–Crippen MR) is 92.6 cm³/mol. The first kappa shape index (κ1) is 14.5. The fourth-order valence-corrected chi connectivity index (χ4v) is 2.82. The van der Waals surface area contributed by atoms with Crippen LogP contribution in [0.5, 0.6) is 11.6 Å². The topological polar surface area (TPSA) is 57.4 Å². The second-order valence-electron chi connectivity index (χ2n) is 5.61. The van der Waals surface area contributed by atoms with Gasteiger partial charge in [-0.15, -0.1) is 0 Å². The molecule has 2 heterocycles. The van der Waals surface area contributed by atoms with Crippen LogP contribution in [-0.4, -0.2) is 24.2 Å². The smallest absolute Gasteiger partial charge is 0.232 e. The Bertz CT molecular complexity index is 1050. The van der Waals surface area contributed by atoms with Gasteiger partial charge < -0.3 is 13.9 Å². The quantitative estimate of drug-likeness (QED) is 0.561. The molecule has 0 aliphatic heterocycles. The molecule has 0 fully saturated rings. The molecule has 5 heteroatoms. The molecule has 5 nitrogen and oxygen atoms in total. The Morgan fingerprint density at radius 1 is 1.00 bits per heavy atom. The molecular formula is C19H16N2O3. The van der Waals surface area contributed by atoms with Crippen LogP contribution in [0, 0.1) is 6.92 Å². The predicted octanol–water partition coefficient (Wildman–Crippen LogP) is 4.37. The maximum Gasteiger partial charge on any atom is 0.232 e. The Kier molecular flexibility index (Phi) is 3.34. The highest BCUT2D eigenvalue weighted by Crippen LogP contribution is 2.34. The summed E-state index contributed by atoms with van der Waals surface area (Å²) in [5.74, 6) is 2.05. The summed E-state index contributed by atoms with van der Waals surface area (Å²) in [5, 5.41) is 0.987. The third-order valence-electron chi connectivity index (χ3n) is 3.97. The van der Waals surface area contributed by atoms with Gasteiger partial charge in [0.25, 0.3) is 0 Å². The van der Waals surface area contributed by atoms with Crippen LogP contribution in [0.4, 0.5) is 0 Å². The molecule has 0 spiro atoms. The van der Waals surface area contributed by atoms with Crippen LogP contribution in [0.1, 0.15) is 5.56 Å². The summed E-state index contributed by atoms with van der Waals surface area (Å²) in [6.45, 7) is 2.02. The van der Waals surface area contributed by atoms with E-state index in [1.807, 2.05) is 37.3 Å². The number of benzene rings is 2. The van der Waals surface area contributed by atoms with Crippen molar-refractivity contribution >= 4 is 22.0 Å². The standard InChI is InChI=1S/C19H16N2O3/c1-11-6-14(19-15(7-11)21-18(23-3)10-20-19)17-9-12-8-13(22-2)4-5-16(12)24-17/h4-10H,1-3H3. The first-order valence-electron chi connectivity index (χ1n) is 7.57. The van der Waals surface area contributed by atoms with E-state index < -0.39 is 0 Å². The summed E-state index contributed by atoms with van der Waals surface area (Å²) in [7, 11) is 3.23. The van der Waals surface area contributed by atoms with Crippen molar-refractivity contribution in [1.82, 2.24) is 9.97 Å². The Morgan fingerprint density at radius 3 is 2.67 bits per heavy atom. The van der Waals surface area contributed by atoms with E-state index in [1.165, 1.54) is 0 Å². The van der Waals surface area contributed by atoms with Gasteiger partial charge in [0.05, 0.1) is 31.4 Å². The number of furan rings is 1. The second-order valence-corrected chi connectivity index (χ2v) is 5.61. The van der Waals surface area contributed by atoms with Gasteiger partial charge in [0.1, 0.15) is 17.1 Å². The molecule has 0 saturated carbocycles. The SMILES string of the molecule is COc1ccc2oc(-c3cc(C)cc4nc(OC)cnc34)cc2c1. The van der Waals surface area contributed by atoms with Crippen molar-refractivity contribution < 1.29 is 13.9 Å². The van der Waals surface area contributed by atoms with E-state index in [0.29, 0.717) is 5.88 Å². The summed E-state index contributed by atoms with van der Waals surface area (Å²) < 4.78 is 16.5. The zero-order chi connectivity index (χ0) is 16.7. The fourth-order valence-electron chi connectivity index (χ4n) is 2.82. The lowest BCUT2D eigenvalue weighted by atomic mass is 10.1. The van der Waals surface area contributed by atoms with Crippen LogP contribution in [0.25, 0.3) is 33.3 Å². The molecule has 0 atom stereocenters. The Hall–Kier alpha value is -3.08. The lowest BCUT2D eigenvalue weighted by Crippen LogP contribution is -1.93. The van der Waals surface area contributed by atoms with E-state index in [0.717, 1.165) is 44.6 Å². The van der Waals surface area contributed by atoms with Gasteiger partial charge in [-0.2, -0.15) is 0 Å². The molecule has 0 aliphatic rings. The zero-order valence-electron chi connectivity index (χ0n) is 13.7. The van der Waals surface area contributed by atoms with Crippen LogP contribution in [0.3, 0.4) is 0 Å². The number of methoxy groups -OCH3 is 2. The maximum absolute atomic E-state index is 6.02. The number of ether oxygens (including phenoxy) is 2. The van der Waals surface area contributed by atoms with E-state index in [-0.39, 0.29) is 0 Å². The number of rotatable bonds is 3. The van der Waals surface area contributed by atoms with Gasteiger partial charge in [-0.05, 0) is 48.9 Å². The number of fused-ring (bicyclic) bond motifs is 2. The van der Waals surface area contributed by atoms with Gasteiger partial charge >= 0.3 is 0 Å². The highest BCUT2D eigenvalue weighted by molar-refractivity contribution is 5.94. The van der Waals surface area contributed by atoms with Crippen LogP contribution in [0.15, 0.2) is 47.0 Å². The third-order valence-corrected chi connectivity index (χ3v) is 3.97. The van der Waals surface area contributed by atoms with E-state index >= 15 is 0 Å². The van der Waals surface area contributed by atoms with Gasteiger partial charge in [-0.3, -0.25) is 0 Å². The third kappa shape index (κ3) is 2.34. The van der Waals surface area contributed by atoms with Crippen molar-refractivity contribution in [1.29, 1.82) is 0 Å². The van der Waals surface area contributed by atoms with Gasteiger partial charge in [-0.1, -0.05) is 0 Å². The van der Waals surface area contributed by atoms with E-state index in [2.05, 4.69) is 16.0 Å². The van der Waals surface area contributed by atoms with E-state index in [4.69, 9.17) is 13.9 Å². The van der Waals surface area contributed by atoms with Gasteiger partial charge in [-0.25, -0.2) is 9.97 Å². The van der Waals surface area contributed by atoms with Crippen LogP contribution >= 0.6 is 0 Å². The summed E-state index contributed by atoms with van der Waals surface area (Å²) in [6, 6.07) is 11.8. The Morgan fingerprint density at radius 2 is 1.88 bits per heavy atom. The van der Waals surface area contributed by atoms with Crippen molar-refractivity contribution in [2.24, 2.45) is 0 Å². The first-order chi connectivity index (χ1) is 11.7. The molecule has 120 valence electrons. The number of aryl methyl sites for hydroxylation is 1. The van der Waals surface area contributed by atoms with E-state index in [9.17, 15) is 0 Å². The Balaban J connectivity index is 1.95. The number of hydrogen-bond acceptors (Lipinski definition) is 5. The lowest BCUT2D eigenvalue weighted by molar-refractivity contribution is 0.397. The van der Waals surface area contributed by atoms with Crippen molar-refractivity contribution in [2.75, 3.05) is 14.2 Å². The summed E-state index contributed by atoms with van der Waals surface area (Å²) >= 11 is 0. The molecule has 0 amide bonds. The molecule has 2 aromatic carbocycles. The Labute approximate surface area is 138 Å². The summed E-state index contributed by atoms with van der Waals surface area (Å²) in [6.07, 6.45) is 1.62. The van der Waals surface area contributed by atoms with Gasteiger partial charge in [0.15, 0.2) is 0 Å². The van der Waals surface area contributed by atoms with E-state index in [1.54, 1.807) is 20.4 Å². The molecule has 4 rings (SSSR count). The van der Waals surface area contributed by atoms with Crippen molar-refractivity contribution in [3.05, 3.63) is 48.2 Å². The number of aromatic nitrogens is 2. The maximum atomic E-state index is 6.02. The highest BCUT2D eigenvalue weighted by Gasteiger charge is 2.13. The molecule has 0 aliphatic carbocycles. The molecule has 4 aromatic rings. The first-order valence-corrected chi connectivity index (χ1v) is 7.57. The molecule has 0 unspecified atom stereocenters. The second kappa shape index (κ2) is 5.53. The minimum absolute atomic E-state index is 0.494. The van der Waals surface area contributed by atoms with Crippen LogP contribution in [-0.2, 0) is 0 Å². The average Bonchev–Trinajstić information content (AvgIpc) is 3.03. The number of hydrogen-bond donors (Lipinski definition) is 0. The lowest BCUT2D eigenvalue weighted by Gasteiger charge is -2.06. The minimum atomic E-state index is 0.494. The molecule has 0 saturated heterocycles. The minimum Gasteiger partial charge on any atom is -0.497 e. The molecular weight excluding hydrogens is 304 g/mol. The largest absolute Gasteiger partial charge is 0.497 e. The summed E-state index contributed by atoms with van der Waals surface area (Å²) in [5.41, 5.74) is 4.37. The van der Waals surface area contributed by atoms with Crippen molar-refractivity contribution in [3.63, 3.8) is 0 Å². The molecule has 0 radical (unpaired) electrons.